The molecule has 0 radical (unpaired) electrons. The van der Waals surface area contributed by atoms with E-state index in [2.05, 4.69) is 131 Å². The van der Waals surface area contributed by atoms with Gasteiger partial charge in [0.1, 0.15) is 43.0 Å². The first-order valence-electron chi connectivity index (χ1n) is 35.0. The lowest BCUT2D eigenvalue weighted by atomic mass is 10.0. The quantitative estimate of drug-likeness (QED) is 0.0728. The molecule has 0 saturated carbocycles. The van der Waals surface area contributed by atoms with Crippen LogP contribution in [0.25, 0.3) is 32.7 Å². The number of piperazine rings is 3. The number of alkyl halides is 2. The number of hydrogen-bond donors (Lipinski definition) is 0. The maximum atomic E-state index is 12.8. The largest absolute Gasteiger partial charge is 0.493 e. The molecule has 4 aliphatic rings. The molecule has 0 spiro atoms. The Morgan fingerprint density at radius 1 is 0.411 bits per heavy atom. The Morgan fingerprint density at radius 2 is 0.822 bits per heavy atom. The number of anilines is 8. The number of nitrogens with zero attached hydrogens (tertiary/aromatic N) is 20. The molecule has 3 saturated heterocycles. The van der Waals surface area contributed by atoms with Gasteiger partial charge >= 0.3 is 6.61 Å². The van der Waals surface area contributed by atoms with Crippen molar-refractivity contribution in [3.63, 3.8) is 0 Å². The molecule has 0 unspecified atom stereocenters. The molecule has 3 fully saturated rings. The number of nitriles is 1. The van der Waals surface area contributed by atoms with Gasteiger partial charge in [-0.2, -0.15) is 14.0 Å². The van der Waals surface area contributed by atoms with Crippen LogP contribution in [0.2, 0.25) is 0 Å². The Labute approximate surface area is 616 Å². The van der Waals surface area contributed by atoms with Crippen molar-refractivity contribution < 1.29 is 41.9 Å². The number of halogens is 2. The van der Waals surface area contributed by atoms with Gasteiger partial charge in [-0.1, -0.05) is 60.7 Å². The van der Waals surface area contributed by atoms with Gasteiger partial charge in [0, 0.05) is 144 Å². The van der Waals surface area contributed by atoms with E-state index in [-0.39, 0.29) is 11.5 Å². The second-order valence-electron chi connectivity index (χ2n) is 25.4. The fraction of sp³-hybridized carbons (Fsp3) is 0.295. The predicted molar refractivity (Wildman–Crippen MR) is 404 cm³/mol. The Hall–Kier alpha value is -12.9. The topological polar surface area (TPSA) is 266 Å². The third kappa shape index (κ3) is 16.4. The van der Waals surface area contributed by atoms with Gasteiger partial charge in [0.15, 0.2) is 40.2 Å². The van der Waals surface area contributed by atoms with Crippen LogP contribution in [-0.4, -0.2) is 187 Å². The van der Waals surface area contributed by atoms with Crippen molar-refractivity contribution in [2.24, 2.45) is 0 Å². The molecule has 0 atom stereocenters. The summed E-state index contributed by atoms with van der Waals surface area (Å²) in [7, 11) is 7.91. The lowest BCUT2D eigenvalue weighted by molar-refractivity contribution is -0.0511. The highest BCUT2D eigenvalue weighted by Crippen LogP contribution is 2.40. The molecule has 10 heterocycles. The zero-order valence-electron chi connectivity index (χ0n) is 59.8. The standard InChI is InChI=1S/C27H29N7O2.C26H25N7O3.C25H24F2N6O2/c1-35-24-14-21-22(15-25(24)36-2)30-18-31-26(21)32-10-12-33(13-11-32)27-28-16-20(17-29-27)34-9-5-7-19-6-3-4-8-23(19)34;1-34-23-11-21-22(12-24(23)35-2)30-17-31-25(21)32-7-9-33(10-8-32)26-28-14-20(15-29-26)36-16-19-5-3-18(13-27)4-6-19;1-34-21-12-19-20(13-22(21)35-24(26)27)30-16-31-23(19)32-7-9-33(10-8-32)25-28-14-18(15-29-25)11-17-5-3-2-4-6-17/h3-4,6,8,14-18H,5,7,9-13H2,1-2H3;3-6,11-12,14-15,17H,7-10,16H2,1-2H3;2-6,12-16,24H,7-11H2,1H3. The van der Waals surface area contributed by atoms with Gasteiger partial charge in [-0.05, 0) is 71.5 Å². The summed E-state index contributed by atoms with van der Waals surface area (Å²) in [5, 5.41) is 11.5. The molecule has 0 amide bonds. The van der Waals surface area contributed by atoms with Gasteiger partial charge < -0.3 is 67.5 Å². The minimum absolute atomic E-state index is 0.0580. The fourth-order valence-corrected chi connectivity index (χ4v) is 13.5. The number of fused-ring (bicyclic) bond motifs is 4. The normalized spacial score (nSPS) is 14.3. The highest BCUT2D eigenvalue weighted by Gasteiger charge is 2.28. The van der Waals surface area contributed by atoms with E-state index >= 15 is 0 Å². The van der Waals surface area contributed by atoms with Crippen LogP contribution in [0.4, 0.5) is 55.5 Å². The smallest absolute Gasteiger partial charge is 0.387 e. The van der Waals surface area contributed by atoms with E-state index in [1.807, 2.05) is 79.4 Å². The molecule has 0 N–H and O–H groups in total. The molecule has 16 rings (SSSR count). The molecule has 4 aliphatic heterocycles. The molecule has 27 nitrogen and oxygen atoms in total. The van der Waals surface area contributed by atoms with Crippen molar-refractivity contribution in [1.29, 1.82) is 5.26 Å². The zero-order valence-corrected chi connectivity index (χ0v) is 59.8. The van der Waals surface area contributed by atoms with Crippen LogP contribution < -0.4 is 67.5 Å². The number of aromatic nitrogens is 12. The number of benzene rings is 6. The maximum absolute atomic E-state index is 12.8. The Bertz CT molecular complexity index is 5040. The zero-order chi connectivity index (χ0) is 73.6. The van der Waals surface area contributed by atoms with Crippen LogP contribution in [0.5, 0.6) is 40.2 Å². The van der Waals surface area contributed by atoms with Gasteiger partial charge in [-0.25, -0.2) is 59.8 Å². The van der Waals surface area contributed by atoms with E-state index in [9.17, 15) is 8.78 Å². The number of methoxy groups -OCH3 is 5. The summed E-state index contributed by atoms with van der Waals surface area (Å²) in [5.74, 6) is 7.98. The average Bonchev–Trinajstić information content (AvgIpc) is 0.796. The van der Waals surface area contributed by atoms with Crippen molar-refractivity contribution >= 4 is 79.4 Å². The van der Waals surface area contributed by atoms with E-state index in [1.54, 1.807) is 71.7 Å². The molecule has 0 aliphatic carbocycles. The van der Waals surface area contributed by atoms with Crippen LogP contribution >= 0.6 is 0 Å². The van der Waals surface area contributed by atoms with Crippen LogP contribution in [0.15, 0.2) is 171 Å². The van der Waals surface area contributed by atoms with E-state index in [4.69, 9.17) is 43.7 Å². The fourth-order valence-electron chi connectivity index (χ4n) is 13.5. The van der Waals surface area contributed by atoms with Gasteiger partial charge in [-0.3, -0.25) is 0 Å². The minimum atomic E-state index is -2.95. The molecule has 107 heavy (non-hydrogen) atoms. The molecule has 6 aromatic carbocycles. The molecule has 6 aromatic heterocycles. The monoisotopic (exact) mass is 1440 g/mol. The van der Waals surface area contributed by atoms with E-state index < -0.39 is 6.61 Å². The highest BCUT2D eigenvalue weighted by molar-refractivity contribution is 5.94. The van der Waals surface area contributed by atoms with E-state index in [0.717, 1.165) is 140 Å². The number of rotatable bonds is 19. The van der Waals surface area contributed by atoms with E-state index in [0.29, 0.717) is 89.9 Å². The van der Waals surface area contributed by atoms with Crippen LogP contribution in [0, 0.1) is 11.3 Å². The molecule has 0 bridgehead atoms. The van der Waals surface area contributed by atoms with Gasteiger partial charge in [0.2, 0.25) is 17.8 Å². The summed E-state index contributed by atoms with van der Waals surface area (Å²) in [4.78, 5) is 69.9. The Kier molecular flexibility index (Phi) is 22.1. The van der Waals surface area contributed by atoms with Crippen LogP contribution in [0.1, 0.15) is 34.2 Å². The molecule has 29 heteroatoms. The summed E-state index contributed by atoms with van der Waals surface area (Å²) >= 11 is 0. The first kappa shape index (κ1) is 71.1. The lowest BCUT2D eigenvalue weighted by Crippen LogP contribution is -2.47. The van der Waals surface area contributed by atoms with Crippen LogP contribution in [-0.2, 0) is 19.4 Å². The highest BCUT2D eigenvalue weighted by atomic mass is 19.3. The first-order valence-corrected chi connectivity index (χ1v) is 35.0. The van der Waals surface area contributed by atoms with Crippen molar-refractivity contribution in [3.05, 3.63) is 199 Å². The molecule has 12 aromatic rings. The lowest BCUT2D eigenvalue weighted by Gasteiger charge is -2.36. The number of ether oxygens (including phenoxy) is 7. The number of aryl methyl sites for hydroxylation is 1. The maximum Gasteiger partial charge on any atom is 0.387 e. The summed E-state index contributed by atoms with van der Waals surface area (Å²) in [6, 6.07) is 39.0. The second kappa shape index (κ2) is 33.3. The predicted octanol–water partition coefficient (Wildman–Crippen LogP) is 11.0. The molecule has 546 valence electrons. The molecular formula is C78H78F2N20O7. The van der Waals surface area contributed by atoms with Crippen molar-refractivity contribution in [2.45, 2.75) is 32.5 Å². The summed E-state index contributed by atoms with van der Waals surface area (Å²) in [6.07, 6.45) is 18.7. The Balaban J connectivity index is 0.000000135. The summed E-state index contributed by atoms with van der Waals surface area (Å²) in [6.45, 7) is 7.52. The summed E-state index contributed by atoms with van der Waals surface area (Å²) in [5.41, 5.74) is 9.72. The summed E-state index contributed by atoms with van der Waals surface area (Å²) < 4.78 is 63.0. The number of para-hydroxylation sites is 1. The second-order valence-corrected chi connectivity index (χ2v) is 25.4. The van der Waals surface area contributed by atoms with Gasteiger partial charge in [0.25, 0.3) is 0 Å². The first-order chi connectivity index (χ1) is 52.5. The number of hydrogen-bond acceptors (Lipinski definition) is 27. The molecular weight excluding hydrogens is 1370 g/mol. The SMILES string of the molecule is COc1cc2c(N3CCN(c4ncc(Cc5ccccc5)cn4)CC3)ncnc2cc1OC(F)F.COc1cc2ncnc(N3CCN(c4ncc(N5CCCc6ccccc65)cn4)CC3)c2cc1OC.COc1cc2ncnc(N3CCN(c4ncc(OCc5ccc(C#N)cc5)cn4)CC3)c2cc1OC. The third-order valence-electron chi connectivity index (χ3n) is 19.0. The van der Waals surface area contributed by atoms with Crippen molar-refractivity contribution in [2.75, 3.05) is 155 Å². The van der Waals surface area contributed by atoms with E-state index in [1.165, 1.54) is 36.3 Å². The minimum Gasteiger partial charge on any atom is -0.493 e. The van der Waals surface area contributed by atoms with Gasteiger partial charge in [0.05, 0.1) is 94.2 Å². The third-order valence-corrected chi connectivity index (χ3v) is 19.0. The van der Waals surface area contributed by atoms with Gasteiger partial charge in [-0.15, -0.1) is 0 Å². The van der Waals surface area contributed by atoms with Crippen molar-refractivity contribution in [3.8, 4) is 46.3 Å². The van der Waals surface area contributed by atoms with Crippen LogP contribution in [0.3, 0.4) is 0 Å². The van der Waals surface area contributed by atoms with Crippen molar-refractivity contribution in [1.82, 2.24) is 59.8 Å². The Morgan fingerprint density at radius 3 is 1.28 bits per heavy atom. The average molecular weight is 1450 g/mol.